The highest BCUT2D eigenvalue weighted by atomic mass is 16.4. The highest BCUT2D eigenvalue weighted by Gasteiger charge is 2.63. The van der Waals surface area contributed by atoms with Gasteiger partial charge in [0.05, 0.1) is 11.1 Å². The second-order valence-electron chi connectivity index (χ2n) is 12.1. The fourth-order valence-corrected chi connectivity index (χ4v) is 7.02. The van der Waals surface area contributed by atoms with Crippen molar-refractivity contribution >= 4 is 35.6 Å². The second kappa shape index (κ2) is 14.6. The molecule has 48 heavy (non-hydrogen) atoms. The number of amides is 4. The van der Waals surface area contributed by atoms with Crippen molar-refractivity contribution in [3.8, 4) is 0 Å². The van der Waals surface area contributed by atoms with Crippen LogP contribution in [0.4, 0.5) is 0 Å². The Balaban J connectivity index is 1.76. The summed E-state index contributed by atoms with van der Waals surface area (Å²) in [5.41, 5.74) is 4.22. The van der Waals surface area contributed by atoms with Gasteiger partial charge < -0.3 is 26.2 Å². The molecule has 1 saturated heterocycles. The molecule has 4 atom stereocenters. The number of aliphatic carboxylic acids is 2. The molecule has 2 heterocycles. The molecule has 0 bridgehead atoms. The van der Waals surface area contributed by atoms with Gasteiger partial charge in [-0.1, -0.05) is 60.7 Å². The average Bonchev–Trinajstić information content (AvgIpc) is 3.68. The Bertz CT molecular complexity index is 1660. The van der Waals surface area contributed by atoms with E-state index in [1.165, 1.54) is 12.1 Å². The van der Waals surface area contributed by atoms with Gasteiger partial charge in [0.15, 0.2) is 0 Å². The van der Waals surface area contributed by atoms with Crippen molar-refractivity contribution in [3.63, 3.8) is 0 Å². The monoisotopic (exact) mass is 654 g/mol. The number of unbranched alkanes of at least 4 members (excludes halogenated alkanes) is 1. The number of hydrogen-bond donors (Lipinski definition) is 4. The summed E-state index contributed by atoms with van der Waals surface area (Å²) in [5.74, 6) is -8.09. The number of nitrogens with two attached hydrogens (primary N) is 1. The molecule has 3 aromatic rings. The Morgan fingerprint density at radius 1 is 0.854 bits per heavy atom. The minimum absolute atomic E-state index is 0.00762. The van der Waals surface area contributed by atoms with Crippen LogP contribution in [-0.4, -0.2) is 86.3 Å². The van der Waals surface area contributed by atoms with Crippen molar-refractivity contribution in [2.45, 2.75) is 56.1 Å². The van der Waals surface area contributed by atoms with E-state index in [0.29, 0.717) is 18.4 Å². The van der Waals surface area contributed by atoms with Crippen LogP contribution in [0.5, 0.6) is 0 Å². The molecule has 1 fully saturated rings. The zero-order chi connectivity index (χ0) is 34.4. The molecule has 5 rings (SSSR count). The highest BCUT2D eigenvalue weighted by Crippen LogP contribution is 2.43. The number of carboxylic acids is 2. The van der Waals surface area contributed by atoms with Crippen molar-refractivity contribution in [2.75, 3.05) is 13.1 Å². The number of carboxylic acid groups (broad SMARTS) is 2. The van der Waals surface area contributed by atoms with Gasteiger partial charge in [-0.25, -0.2) is 4.79 Å². The van der Waals surface area contributed by atoms with Crippen molar-refractivity contribution < 1.29 is 39.0 Å². The van der Waals surface area contributed by atoms with E-state index in [9.17, 15) is 34.2 Å². The Hall–Kier alpha value is -5.36. The fraction of sp³-hybridized carbons (Fsp3) is 0.333. The first-order valence-corrected chi connectivity index (χ1v) is 16.0. The Labute approximate surface area is 277 Å². The number of likely N-dealkylation sites (tertiary alicyclic amines) is 1. The fourth-order valence-electron chi connectivity index (χ4n) is 7.02. The van der Waals surface area contributed by atoms with Gasteiger partial charge in [-0.2, -0.15) is 0 Å². The molecule has 2 aliphatic rings. The van der Waals surface area contributed by atoms with Crippen LogP contribution in [0, 0.1) is 5.92 Å². The van der Waals surface area contributed by atoms with Gasteiger partial charge in [0.25, 0.3) is 23.6 Å². The molecule has 3 aromatic carbocycles. The molecule has 0 radical (unpaired) electrons. The maximum atomic E-state index is 15.2. The van der Waals surface area contributed by atoms with Crippen LogP contribution in [0.15, 0.2) is 84.9 Å². The van der Waals surface area contributed by atoms with Gasteiger partial charge >= 0.3 is 11.9 Å². The smallest absolute Gasteiger partial charge is 0.326 e. The Kier molecular flexibility index (Phi) is 10.3. The van der Waals surface area contributed by atoms with Crippen molar-refractivity contribution in [1.82, 2.24) is 15.1 Å². The number of carbonyl (C=O) groups is 6. The molecular formula is C36H38N4O8. The highest BCUT2D eigenvalue weighted by molar-refractivity contribution is 6.24. The molecule has 0 aliphatic carbocycles. The largest absolute Gasteiger partial charge is 0.481 e. The minimum atomic E-state index is -2.45. The summed E-state index contributed by atoms with van der Waals surface area (Å²) in [6.07, 6.45) is 0.439. The number of carbonyl (C=O) groups excluding carboxylic acids is 4. The van der Waals surface area contributed by atoms with Crippen molar-refractivity contribution in [3.05, 3.63) is 107 Å². The third-order valence-electron chi connectivity index (χ3n) is 9.21. The number of fused-ring (bicyclic) bond motifs is 1. The van der Waals surface area contributed by atoms with Gasteiger partial charge in [-0.3, -0.25) is 28.9 Å². The Morgan fingerprint density at radius 2 is 1.44 bits per heavy atom. The van der Waals surface area contributed by atoms with Crippen LogP contribution < -0.4 is 11.1 Å². The summed E-state index contributed by atoms with van der Waals surface area (Å²) < 4.78 is 0. The third-order valence-corrected chi connectivity index (χ3v) is 9.21. The van der Waals surface area contributed by atoms with E-state index < -0.39 is 59.1 Å². The number of imide groups is 1. The van der Waals surface area contributed by atoms with Crippen LogP contribution in [-0.2, 0) is 20.8 Å². The maximum absolute atomic E-state index is 15.2. The van der Waals surface area contributed by atoms with E-state index in [2.05, 4.69) is 5.32 Å². The summed E-state index contributed by atoms with van der Waals surface area (Å²) in [6, 6.07) is 20.2. The van der Waals surface area contributed by atoms with Crippen LogP contribution in [0.1, 0.15) is 68.7 Å². The van der Waals surface area contributed by atoms with Crippen LogP contribution >= 0.6 is 0 Å². The minimum Gasteiger partial charge on any atom is -0.481 e. The van der Waals surface area contributed by atoms with Crippen LogP contribution in [0.2, 0.25) is 0 Å². The van der Waals surface area contributed by atoms with Crippen molar-refractivity contribution in [2.24, 2.45) is 11.7 Å². The molecule has 12 heteroatoms. The van der Waals surface area contributed by atoms with E-state index in [4.69, 9.17) is 5.73 Å². The predicted molar refractivity (Wildman–Crippen MR) is 174 cm³/mol. The van der Waals surface area contributed by atoms with E-state index in [1.54, 1.807) is 72.8 Å². The summed E-state index contributed by atoms with van der Waals surface area (Å²) in [5, 5.41) is 24.1. The van der Waals surface area contributed by atoms with Gasteiger partial charge in [-0.05, 0) is 74.9 Å². The van der Waals surface area contributed by atoms with Crippen LogP contribution in [0.3, 0.4) is 0 Å². The van der Waals surface area contributed by atoms with Crippen molar-refractivity contribution in [1.29, 1.82) is 0 Å². The molecule has 2 aliphatic heterocycles. The summed E-state index contributed by atoms with van der Waals surface area (Å²) in [6.45, 7) is 0.146. The summed E-state index contributed by atoms with van der Waals surface area (Å²) >= 11 is 0. The average molecular weight is 655 g/mol. The number of nitrogens with zero attached hydrogens (tertiary/aromatic N) is 2. The second-order valence-corrected chi connectivity index (χ2v) is 12.1. The molecule has 0 saturated carbocycles. The lowest BCUT2D eigenvalue weighted by atomic mass is 9.71. The molecule has 12 nitrogen and oxygen atoms in total. The zero-order valence-corrected chi connectivity index (χ0v) is 26.3. The first kappa shape index (κ1) is 34.0. The first-order valence-electron chi connectivity index (χ1n) is 16.0. The molecule has 0 aromatic heterocycles. The zero-order valence-electron chi connectivity index (χ0n) is 26.3. The first-order chi connectivity index (χ1) is 23.1. The van der Waals surface area contributed by atoms with Gasteiger partial charge in [0.1, 0.15) is 17.5 Å². The quantitative estimate of drug-likeness (QED) is 0.150. The summed E-state index contributed by atoms with van der Waals surface area (Å²) in [4.78, 5) is 85.4. The molecule has 5 N–H and O–H groups in total. The lowest BCUT2D eigenvalue weighted by Gasteiger charge is -2.48. The summed E-state index contributed by atoms with van der Waals surface area (Å²) in [7, 11) is 0. The van der Waals surface area contributed by atoms with Gasteiger partial charge in [0.2, 0.25) is 0 Å². The topological polar surface area (TPSA) is 187 Å². The number of hydrogen-bond acceptors (Lipinski definition) is 7. The Morgan fingerprint density at radius 3 is 2.00 bits per heavy atom. The van der Waals surface area contributed by atoms with Gasteiger partial charge in [0, 0.05) is 18.2 Å². The van der Waals surface area contributed by atoms with E-state index in [-0.39, 0.29) is 55.5 Å². The molecule has 250 valence electrons. The number of rotatable bonds is 14. The normalized spacial score (nSPS) is 18.1. The predicted octanol–water partition coefficient (Wildman–Crippen LogP) is 2.97. The molecule has 0 spiro atoms. The van der Waals surface area contributed by atoms with E-state index in [1.807, 2.05) is 0 Å². The standard InChI is InChI=1S/C36H38N4O8/c37-20-10-9-19-36(35(48)39-21-11-18-28(39)33(44)45,40-31(42)25-16-7-8-17-26(25)32(40)43)29(34(46)47)27(22-23-12-3-1-4-13-23)38-30(41)24-14-5-2-6-15-24/h1-8,12-17,27-29H,9-11,18-22,37H2,(H,38,41)(H,44,45)(H,46,47)/t27-,28-,29?,36?/m0/s1. The molecule has 2 unspecified atom stereocenters. The van der Waals surface area contributed by atoms with E-state index in [0.717, 1.165) is 9.80 Å². The number of benzene rings is 3. The third kappa shape index (κ3) is 6.43. The lowest BCUT2D eigenvalue weighted by molar-refractivity contribution is -0.162. The maximum Gasteiger partial charge on any atom is 0.326 e. The van der Waals surface area contributed by atoms with Gasteiger partial charge in [-0.15, -0.1) is 0 Å². The SMILES string of the molecule is NCCCCC(C(=O)N1CCC[C@H]1C(=O)O)(C(C(=O)O)[C@H](Cc1ccccc1)NC(=O)c1ccccc1)N1C(=O)c2ccccc2C1=O. The molecule has 4 amide bonds. The van der Waals surface area contributed by atoms with E-state index >= 15 is 4.79 Å². The lowest BCUT2D eigenvalue weighted by Crippen LogP contribution is -2.71. The number of nitrogens with one attached hydrogen (secondary N) is 1. The molecular weight excluding hydrogens is 616 g/mol. The van der Waals surface area contributed by atoms with Crippen LogP contribution in [0.25, 0.3) is 0 Å².